The monoisotopic (exact) mass is 298 g/mol. The third-order valence-electron chi connectivity index (χ3n) is 2.47. The SMILES string of the molecule is CSc1nc(SCCCCCCO)nc(N)c1C#N. The highest BCUT2D eigenvalue weighted by molar-refractivity contribution is 7.99. The van der Waals surface area contributed by atoms with E-state index >= 15 is 0 Å². The van der Waals surface area contributed by atoms with E-state index < -0.39 is 0 Å². The number of hydrogen-bond donors (Lipinski definition) is 2. The van der Waals surface area contributed by atoms with Crippen LogP contribution in [-0.4, -0.2) is 33.7 Å². The first-order valence-electron chi connectivity index (χ1n) is 6.08. The molecule has 0 fully saturated rings. The van der Waals surface area contributed by atoms with Crippen LogP contribution in [0, 0.1) is 11.3 Å². The molecule has 1 rings (SSSR count). The summed E-state index contributed by atoms with van der Waals surface area (Å²) in [6.07, 6.45) is 5.92. The smallest absolute Gasteiger partial charge is 0.190 e. The number of nitrogens with zero attached hydrogens (tertiary/aromatic N) is 3. The number of anilines is 1. The molecule has 1 heterocycles. The number of nitrogens with two attached hydrogens (primary N) is 1. The van der Waals surface area contributed by atoms with Crippen LogP contribution in [-0.2, 0) is 0 Å². The third kappa shape index (κ3) is 5.27. The number of unbranched alkanes of at least 4 members (excludes halogenated alkanes) is 3. The molecule has 3 N–H and O–H groups in total. The van der Waals surface area contributed by atoms with E-state index in [1.807, 2.05) is 12.3 Å². The Morgan fingerprint density at radius 1 is 1.26 bits per heavy atom. The summed E-state index contributed by atoms with van der Waals surface area (Å²) < 4.78 is 0. The number of aliphatic hydroxyl groups is 1. The Bertz CT molecular complexity index is 448. The van der Waals surface area contributed by atoms with Crippen molar-refractivity contribution in [3.8, 4) is 6.07 Å². The molecule has 0 aromatic carbocycles. The van der Waals surface area contributed by atoms with Crippen molar-refractivity contribution in [2.75, 3.05) is 24.3 Å². The van der Waals surface area contributed by atoms with Crippen LogP contribution in [0.4, 0.5) is 5.82 Å². The zero-order valence-corrected chi connectivity index (χ0v) is 12.6. The maximum Gasteiger partial charge on any atom is 0.190 e. The van der Waals surface area contributed by atoms with Gasteiger partial charge >= 0.3 is 0 Å². The van der Waals surface area contributed by atoms with Crippen LogP contribution in [0.25, 0.3) is 0 Å². The molecule has 1 aromatic rings. The molecule has 0 radical (unpaired) electrons. The summed E-state index contributed by atoms with van der Waals surface area (Å²) in [4.78, 5) is 8.47. The van der Waals surface area contributed by atoms with Gasteiger partial charge in [-0.2, -0.15) is 5.26 Å². The van der Waals surface area contributed by atoms with Crippen molar-refractivity contribution in [2.24, 2.45) is 0 Å². The van der Waals surface area contributed by atoms with Crippen molar-refractivity contribution in [1.29, 1.82) is 5.26 Å². The van der Waals surface area contributed by atoms with Gasteiger partial charge in [-0.3, -0.25) is 0 Å². The lowest BCUT2D eigenvalue weighted by Gasteiger charge is -2.06. The van der Waals surface area contributed by atoms with Crippen LogP contribution < -0.4 is 5.73 Å². The molecule has 5 nitrogen and oxygen atoms in total. The highest BCUT2D eigenvalue weighted by Crippen LogP contribution is 2.25. The molecule has 0 unspecified atom stereocenters. The first kappa shape index (κ1) is 16.1. The molecule has 0 saturated heterocycles. The molecule has 1 aromatic heterocycles. The lowest BCUT2D eigenvalue weighted by molar-refractivity contribution is 0.283. The maximum atomic E-state index is 8.97. The fourth-order valence-corrected chi connectivity index (χ4v) is 2.92. The molecule has 0 spiro atoms. The van der Waals surface area contributed by atoms with E-state index in [2.05, 4.69) is 9.97 Å². The minimum Gasteiger partial charge on any atom is -0.396 e. The van der Waals surface area contributed by atoms with E-state index in [1.54, 1.807) is 11.8 Å². The zero-order valence-electron chi connectivity index (χ0n) is 10.9. The van der Waals surface area contributed by atoms with Crippen LogP contribution >= 0.6 is 23.5 Å². The van der Waals surface area contributed by atoms with Gasteiger partial charge in [0.05, 0.1) is 0 Å². The number of aromatic nitrogens is 2. The van der Waals surface area contributed by atoms with E-state index in [9.17, 15) is 0 Å². The molecular weight excluding hydrogens is 280 g/mol. The Kier molecular flexibility index (Phi) is 7.63. The van der Waals surface area contributed by atoms with Gasteiger partial charge in [0.2, 0.25) is 0 Å². The second-order valence-electron chi connectivity index (χ2n) is 3.87. The Morgan fingerprint density at radius 3 is 2.63 bits per heavy atom. The van der Waals surface area contributed by atoms with Crippen molar-refractivity contribution in [2.45, 2.75) is 35.9 Å². The summed E-state index contributed by atoms with van der Waals surface area (Å²) in [6, 6.07) is 2.03. The fourth-order valence-electron chi connectivity index (χ4n) is 1.48. The Labute approximate surface area is 122 Å². The molecule has 0 aliphatic rings. The Morgan fingerprint density at radius 2 is 2.00 bits per heavy atom. The predicted molar refractivity (Wildman–Crippen MR) is 79.2 cm³/mol. The molecule has 7 heteroatoms. The van der Waals surface area contributed by atoms with Crippen molar-refractivity contribution in [3.05, 3.63) is 5.56 Å². The van der Waals surface area contributed by atoms with E-state index in [-0.39, 0.29) is 12.4 Å². The molecule has 19 heavy (non-hydrogen) atoms. The number of nitrogen functional groups attached to an aromatic ring is 1. The minimum atomic E-state index is 0.254. The van der Waals surface area contributed by atoms with Crippen LogP contribution in [0.2, 0.25) is 0 Å². The van der Waals surface area contributed by atoms with Gasteiger partial charge in [-0.1, -0.05) is 24.6 Å². The average Bonchev–Trinajstić information content (AvgIpc) is 2.42. The largest absolute Gasteiger partial charge is 0.396 e. The Balaban J connectivity index is 2.51. The molecule has 104 valence electrons. The Hall–Kier alpha value is -0.970. The lowest BCUT2D eigenvalue weighted by atomic mass is 10.2. The van der Waals surface area contributed by atoms with E-state index in [0.717, 1.165) is 31.4 Å². The van der Waals surface area contributed by atoms with E-state index in [0.29, 0.717) is 15.7 Å². The van der Waals surface area contributed by atoms with Crippen LogP contribution in [0.1, 0.15) is 31.2 Å². The second kappa shape index (κ2) is 9.02. The highest BCUT2D eigenvalue weighted by atomic mass is 32.2. The number of rotatable bonds is 8. The molecule has 0 amide bonds. The van der Waals surface area contributed by atoms with Gasteiger partial charge in [-0.05, 0) is 19.1 Å². The van der Waals surface area contributed by atoms with Crippen molar-refractivity contribution in [1.82, 2.24) is 9.97 Å². The summed E-state index contributed by atoms with van der Waals surface area (Å²) >= 11 is 2.96. The first-order chi connectivity index (χ1) is 9.22. The van der Waals surface area contributed by atoms with Gasteiger partial charge in [0.25, 0.3) is 0 Å². The van der Waals surface area contributed by atoms with Crippen molar-refractivity contribution >= 4 is 29.3 Å². The fraction of sp³-hybridized carbons (Fsp3) is 0.583. The number of hydrogen-bond acceptors (Lipinski definition) is 7. The van der Waals surface area contributed by atoms with Crippen molar-refractivity contribution < 1.29 is 5.11 Å². The van der Waals surface area contributed by atoms with Crippen LogP contribution in [0.15, 0.2) is 10.2 Å². The summed E-state index contributed by atoms with van der Waals surface area (Å²) in [5.74, 6) is 1.18. The average molecular weight is 298 g/mol. The quantitative estimate of drug-likeness (QED) is 0.329. The predicted octanol–water partition coefficient (Wildman–Crippen LogP) is 2.30. The van der Waals surface area contributed by atoms with Gasteiger partial charge in [-0.25, -0.2) is 9.97 Å². The minimum absolute atomic E-state index is 0.254. The molecule has 0 saturated carbocycles. The lowest BCUT2D eigenvalue weighted by Crippen LogP contribution is -2.01. The van der Waals surface area contributed by atoms with Crippen molar-refractivity contribution in [3.63, 3.8) is 0 Å². The molecule has 0 atom stereocenters. The van der Waals surface area contributed by atoms with Crippen LogP contribution in [0.5, 0.6) is 0 Å². The molecule has 0 aliphatic heterocycles. The number of nitriles is 1. The molecule has 0 bridgehead atoms. The zero-order chi connectivity index (χ0) is 14.1. The molecular formula is C12H18N4OS2. The van der Waals surface area contributed by atoms with Gasteiger partial charge in [-0.15, -0.1) is 11.8 Å². The van der Waals surface area contributed by atoms with Gasteiger partial charge in [0, 0.05) is 12.4 Å². The first-order valence-corrected chi connectivity index (χ1v) is 8.29. The topological polar surface area (TPSA) is 95.8 Å². The number of aliphatic hydroxyl groups excluding tert-OH is 1. The summed E-state index contributed by atoms with van der Waals surface area (Å²) in [5.41, 5.74) is 6.11. The standard InChI is InChI=1S/C12H18N4OS2/c1-18-11-9(8-13)10(14)15-12(16-11)19-7-5-3-2-4-6-17/h17H,2-7H2,1H3,(H2,14,15,16). The van der Waals surface area contributed by atoms with Crippen LogP contribution in [0.3, 0.4) is 0 Å². The second-order valence-corrected chi connectivity index (χ2v) is 5.73. The maximum absolute atomic E-state index is 8.97. The van der Waals surface area contributed by atoms with Gasteiger partial charge < -0.3 is 10.8 Å². The summed E-state index contributed by atoms with van der Waals surface area (Å²) in [5, 5.41) is 18.9. The van der Waals surface area contributed by atoms with Gasteiger partial charge in [0.1, 0.15) is 22.5 Å². The summed E-state index contributed by atoms with van der Waals surface area (Å²) in [7, 11) is 0. The summed E-state index contributed by atoms with van der Waals surface area (Å²) in [6.45, 7) is 0.263. The third-order valence-corrected chi connectivity index (χ3v) is 4.09. The van der Waals surface area contributed by atoms with Gasteiger partial charge in [0.15, 0.2) is 5.16 Å². The molecule has 0 aliphatic carbocycles. The van der Waals surface area contributed by atoms with E-state index in [1.165, 1.54) is 11.8 Å². The number of thioether (sulfide) groups is 2. The van der Waals surface area contributed by atoms with E-state index in [4.69, 9.17) is 16.1 Å². The normalized spacial score (nSPS) is 10.4. The highest BCUT2D eigenvalue weighted by Gasteiger charge is 2.11.